The standard InChI is InChI=1S/C19H22N2O5/c1-12(26-2)17(24)20-14-3-4-15-13(11-14)5-7-19(15)8-6-16(23)21(9-10-22)18(19)25/h3-4,10-12H,5-9H2,1-2H3,(H,20,24)/t12-,19+/m0/s1. The number of carbonyl (C=O) groups excluding carboxylic acids is 4. The van der Waals surface area contributed by atoms with Crippen LogP contribution < -0.4 is 5.32 Å². The van der Waals surface area contributed by atoms with Gasteiger partial charge in [-0.25, -0.2) is 0 Å². The summed E-state index contributed by atoms with van der Waals surface area (Å²) in [4.78, 5) is 48.9. The van der Waals surface area contributed by atoms with Crippen molar-refractivity contribution in [2.75, 3.05) is 19.0 Å². The molecule has 1 aliphatic heterocycles. The molecule has 0 bridgehead atoms. The third kappa shape index (κ3) is 2.92. The zero-order valence-electron chi connectivity index (χ0n) is 14.9. The first-order chi connectivity index (χ1) is 12.4. The van der Waals surface area contributed by atoms with Crippen LogP contribution in [-0.4, -0.2) is 48.7 Å². The van der Waals surface area contributed by atoms with E-state index in [2.05, 4.69) is 5.32 Å². The summed E-state index contributed by atoms with van der Waals surface area (Å²) in [5.74, 6) is -0.820. The van der Waals surface area contributed by atoms with Crippen molar-refractivity contribution in [3.63, 3.8) is 0 Å². The Balaban J connectivity index is 1.88. The maximum atomic E-state index is 13.0. The minimum atomic E-state index is -0.741. The Morgan fingerprint density at radius 2 is 2.08 bits per heavy atom. The average molecular weight is 358 g/mol. The van der Waals surface area contributed by atoms with Crippen molar-refractivity contribution in [3.05, 3.63) is 29.3 Å². The molecule has 0 radical (unpaired) electrons. The number of methoxy groups -OCH3 is 1. The number of nitrogens with zero attached hydrogens (tertiary/aromatic N) is 1. The molecule has 2 aliphatic rings. The number of carbonyl (C=O) groups is 4. The lowest BCUT2D eigenvalue weighted by molar-refractivity contribution is -0.154. The van der Waals surface area contributed by atoms with Crippen LogP contribution in [0.2, 0.25) is 0 Å². The number of ether oxygens (including phenoxy) is 1. The summed E-state index contributed by atoms with van der Waals surface area (Å²) in [5.41, 5.74) is 1.79. The number of anilines is 1. The fourth-order valence-corrected chi connectivity index (χ4v) is 3.85. The molecule has 1 aromatic rings. The number of benzene rings is 1. The summed E-state index contributed by atoms with van der Waals surface area (Å²) in [6.45, 7) is 1.47. The van der Waals surface area contributed by atoms with Crippen molar-refractivity contribution in [1.82, 2.24) is 4.90 Å². The van der Waals surface area contributed by atoms with Gasteiger partial charge < -0.3 is 14.8 Å². The zero-order valence-corrected chi connectivity index (χ0v) is 14.9. The summed E-state index contributed by atoms with van der Waals surface area (Å²) in [6.07, 6.45) is 2.03. The Hall–Kier alpha value is -2.54. The van der Waals surface area contributed by atoms with E-state index in [1.54, 1.807) is 13.0 Å². The van der Waals surface area contributed by atoms with Gasteiger partial charge in [0.25, 0.3) is 5.91 Å². The van der Waals surface area contributed by atoms with Crippen LogP contribution in [0.25, 0.3) is 0 Å². The SMILES string of the molecule is CO[C@@H](C)C(=O)Nc1ccc2c(c1)CC[C@@]21CCC(=O)N(CC=O)C1=O. The van der Waals surface area contributed by atoms with Crippen LogP contribution in [0.15, 0.2) is 18.2 Å². The number of fused-ring (bicyclic) bond motifs is 2. The normalized spacial score (nSPS) is 23.1. The number of aldehydes is 1. The first-order valence-electron chi connectivity index (χ1n) is 8.68. The molecule has 2 atom stereocenters. The van der Waals surface area contributed by atoms with Gasteiger partial charge >= 0.3 is 0 Å². The molecule has 1 N–H and O–H groups in total. The second kappa shape index (κ2) is 6.99. The molecular formula is C19H22N2O5. The molecular weight excluding hydrogens is 336 g/mol. The minimum absolute atomic E-state index is 0.197. The summed E-state index contributed by atoms with van der Waals surface area (Å²) < 4.78 is 5.00. The molecule has 0 saturated carbocycles. The van der Waals surface area contributed by atoms with E-state index >= 15 is 0 Å². The highest BCUT2D eigenvalue weighted by Gasteiger charge is 2.51. The molecule has 3 amide bonds. The molecule has 0 aromatic heterocycles. The van der Waals surface area contributed by atoms with Crippen LogP contribution in [-0.2, 0) is 35.8 Å². The molecule has 1 aliphatic carbocycles. The minimum Gasteiger partial charge on any atom is -0.372 e. The first-order valence-corrected chi connectivity index (χ1v) is 8.68. The van der Waals surface area contributed by atoms with Crippen molar-refractivity contribution in [2.45, 2.75) is 44.1 Å². The highest BCUT2D eigenvalue weighted by atomic mass is 16.5. The molecule has 1 saturated heterocycles. The molecule has 0 unspecified atom stereocenters. The van der Waals surface area contributed by atoms with Crippen LogP contribution in [0.1, 0.15) is 37.3 Å². The number of nitrogens with one attached hydrogen (secondary N) is 1. The van der Waals surface area contributed by atoms with Crippen LogP contribution in [0.4, 0.5) is 5.69 Å². The van der Waals surface area contributed by atoms with Crippen LogP contribution in [0.5, 0.6) is 0 Å². The van der Waals surface area contributed by atoms with Gasteiger partial charge in [0.15, 0.2) is 0 Å². The highest BCUT2D eigenvalue weighted by molar-refractivity contribution is 6.05. The summed E-state index contributed by atoms with van der Waals surface area (Å²) in [6, 6.07) is 5.49. The maximum Gasteiger partial charge on any atom is 0.253 e. The topological polar surface area (TPSA) is 92.8 Å². The van der Waals surface area contributed by atoms with Crippen LogP contribution in [0.3, 0.4) is 0 Å². The average Bonchev–Trinajstić information content (AvgIpc) is 3.00. The Labute approximate surface area is 151 Å². The Morgan fingerprint density at radius 1 is 1.35 bits per heavy atom. The predicted molar refractivity (Wildman–Crippen MR) is 93.6 cm³/mol. The molecule has 1 heterocycles. The lowest BCUT2D eigenvalue weighted by Crippen LogP contribution is -2.53. The molecule has 7 heteroatoms. The Morgan fingerprint density at radius 3 is 2.77 bits per heavy atom. The van der Waals surface area contributed by atoms with E-state index in [9.17, 15) is 19.2 Å². The van der Waals surface area contributed by atoms with Crippen molar-refractivity contribution < 1.29 is 23.9 Å². The molecule has 138 valence electrons. The number of likely N-dealkylation sites (tertiary alicyclic amines) is 1. The molecule has 1 fully saturated rings. The fourth-order valence-electron chi connectivity index (χ4n) is 3.85. The Bertz CT molecular complexity index is 775. The van der Waals surface area contributed by atoms with Crippen molar-refractivity contribution in [3.8, 4) is 0 Å². The van der Waals surface area contributed by atoms with Gasteiger partial charge in [0.2, 0.25) is 11.8 Å². The van der Waals surface area contributed by atoms with Crippen LogP contribution >= 0.6 is 0 Å². The van der Waals surface area contributed by atoms with Gasteiger partial charge in [-0.2, -0.15) is 0 Å². The van der Waals surface area contributed by atoms with Gasteiger partial charge in [-0.05, 0) is 49.4 Å². The van der Waals surface area contributed by atoms with Crippen molar-refractivity contribution >= 4 is 29.7 Å². The van der Waals surface area contributed by atoms with E-state index in [4.69, 9.17) is 4.74 Å². The highest BCUT2D eigenvalue weighted by Crippen LogP contribution is 2.46. The van der Waals surface area contributed by atoms with Gasteiger partial charge in [0.1, 0.15) is 12.4 Å². The number of aryl methyl sites for hydroxylation is 1. The number of amides is 3. The van der Waals surface area contributed by atoms with E-state index in [0.717, 1.165) is 16.0 Å². The third-order valence-electron chi connectivity index (χ3n) is 5.41. The quantitative estimate of drug-likeness (QED) is 0.630. The molecule has 1 aromatic carbocycles. The molecule has 3 rings (SSSR count). The van der Waals surface area contributed by atoms with Gasteiger partial charge in [-0.15, -0.1) is 0 Å². The predicted octanol–water partition coefficient (Wildman–Crippen LogP) is 1.19. The summed E-state index contributed by atoms with van der Waals surface area (Å²) in [5, 5.41) is 2.80. The van der Waals surface area contributed by atoms with Gasteiger partial charge in [-0.3, -0.25) is 19.3 Å². The molecule has 26 heavy (non-hydrogen) atoms. The van der Waals surface area contributed by atoms with Crippen molar-refractivity contribution in [1.29, 1.82) is 0 Å². The van der Waals surface area contributed by atoms with Gasteiger partial charge in [-0.1, -0.05) is 6.07 Å². The van der Waals surface area contributed by atoms with Crippen LogP contribution in [0, 0.1) is 0 Å². The summed E-state index contributed by atoms with van der Waals surface area (Å²) >= 11 is 0. The monoisotopic (exact) mass is 358 g/mol. The lowest BCUT2D eigenvalue weighted by atomic mass is 9.74. The second-order valence-electron chi connectivity index (χ2n) is 6.80. The largest absolute Gasteiger partial charge is 0.372 e. The van der Waals surface area contributed by atoms with E-state index in [0.29, 0.717) is 31.2 Å². The lowest BCUT2D eigenvalue weighted by Gasteiger charge is -2.38. The first kappa shape index (κ1) is 18.3. The van der Waals surface area contributed by atoms with E-state index in [-0.39, 0.29) is 30.7 Å². The summed E-state index contributed by atoms with van der Waals surface area (Å²) in [7, 11) is 1.47. The van der Waals surface area contributed by atoms with E-state index in [1.165, 1.54) is 7.11 Å². The van der Waals surface area contributed by atoms with E-state index < -0.39 is 11.5 Å². The van der Waals surface area contributed by atoms with E-state index in [1.807, 2.05) is 12.1 Å². The Kier molecular flexibility index (Phi) is 4.91. The zero-order chi connectivity index (χ0) is 18.9. The number of hydrogen-bond donors (Lipinski definition) is 1. The number of rotatable bonds is 5. The third-order valence-corrected chi connectivity index (χ3v) is 5.41. The molecule has 1 spiro atoms. The number of hydrogen-bond acceptors (Lipinski definition) is 5. The molecule has 7 nitrogen and oxygen atoms in total. The maximum absolute atomic E-state index is 13.0. The fraction of sp³-hybridized carbons (Fsp3) is 0.474. The van der Waals surface area contributed by atoms with Gasteiger partial charge in [0, 0.05) is 19.2 Å². The second-order valence-corrected chi connectivity index (χ2v) is 6.80. The van der Waals surface area contributed by atoms with Gasteiger partial charge in [0.05, 0.1) is 12.0 Å². The number of piperidine rings is 1. The van der Waals surface area contributed by atoms with Crippen molar-refractivity contribution in [2.24, 2.45) is 0 Å². The number of imide groups is 1. The smallest absolute Gasteiger partial charge is 0.253 e.